The van der Waals surface area contributed by atoms with E-state index in [1.807, 2.05) is 24.3 Å². The molecule has 1 fully saturated rings. The molecule has 1 aliphatic rings. The molecule has 0 radical (unpaired) electrons. The van der Waals surface area contributed by atoms with Crippen LogP contribution in [0.1, 0.15) is 13.3 Å². The number of hydrogen-bond acceptors (Lipinski definition) is 3. The lowest BCUT2D eigenvalue weighted by Gasteiger charge is -2.28. The van der Waals surface area contributed by atoms with Gasteiger partial charge < -0.3 is 14.5 Å². The van der Waals surface area contributed by atoms with Gasteiger partial charge in [-0.2, -0.15) is 0 Å². The third-order valence-corrected chi connectivity index (χ3v) is 3.96. The van der Waals surface area contributed by atoms with Crippen molar-refractivity contribution in [2.75, 3.05) is 37.7 Å². The van der Waals surface area contributed by atoms with E-state index in [-0.39, 0.29) is 11.8 Å². The first kappa shape index (κ1) is 16.0. The predicted molar refractivity (Wildman–Crippen MR) is 84.2 cm³/mol. The summed E-state index contributed by atoms with van der Waals surface area (Å²) in [6.45, 7) is 4.37. The van der Waals surface area contributed by atoms with E-state index in [0.717, 1.165) is 10.2 Å². The molecule has 0 N–H and O–H groups in total. The number of amides is 2. The number of hydrogen-bond donors (Lipinski definition) is 0. The highest BCUT2D eigenvalue weighted by molar-refractivity contribution is 9.10. The van der Waals surface area contributed by atoms with E-state index in [1.54, 1.807) is 9.80 Å². The average Bonchev–Trinajstić information content (AvgIpc) is 2.49. The van der Waals surface area contributed by atoms with Crippen LogP contribution in [0.3, 0.4) is 0 Å². The Morgan fingerprint density at radius 2 is 1.86 bits per heavy atom. The van der Waals surface area contributed by atoms with Gasteiger partial charge in [0.25, 0.3) is 0 Å². The van der Waals surface area contributed by atoms with Crippen molar-refractivity contribution in [1.82, 2.24) is 4.90 Å². The Hall–Kier alpha value is -1.40. The molecule has 0 bridgehead atoms. The molecule has 0 spiro atoms. The molecule has 0 atom stereocenters. The fraction of sp³-hybridized carbons (Fsp3) is 0.467. The van der Waals surface area contributed by atoms with Crippen LogP contribution in [0.2, 0.25) is 0 Å². The van der Waals surface area contributed by atoms with Gasteiger partial charge in [0.05, 0.1) is 13.2 Å². The van der Waals surface area contributed by atoms with Crippen molar-refractivity contribution in [2.45, 2.75) is 13.3 Å². The maximum atomic E-state index is 12.1. The van der Waals surface area contributed by atoms with Gasteiger partial charge in [0.2, 0.25) is 11.8 Å². The van der Waals surface area contributed by atoms with Crippen LogP contribution >= 0.6 is 15.9 Å². The first-order valence-corrected chi connectivity index (χ1v) is 7.76. The minimum Gasteiger partial charge on any atom is -0.378 e. The van der Waals surface area contributed by atoms with Crippen molar-refractivity contribution in [1.29, 1.82) is 0 Å². The zero-order valence-corrected chi connectivity index (χ0v) is 13.6. The normalized spacial score (nSPS) is 14.9. The van der Waals surface area contributed by atoms with Gasteiger partial charge in [0.15, 0.2) is 0 Å². The third-order valence-electron chi connectivity index (χ3n) is 3.43. The summed E-state index contributed by atoms with van der Waals surface area (Å²) < 4.78 is 6.19. The number of anilines is 1. The zero-order chi connectivity index (χ0) is 15.2. The summed E-state index contributed by atoms with van der Waals surface area (Å²) in [5, 5.41) is 0. The predicted octanol–water partition coefficient (Wildman–Crippen LogP) is 2.05. The quantitative estimate of drug-likeness (QED) is 0.831. The number of carbonyl (C=O) groups excluding carboxylic acids is 2. The van der Waals surface area contributed by atoms with Crippen LogP contribution in [0.25, 0.3) is 0 Å². The highest BCUT2D eigenvalue weighted by atomic mass is 79.9. The van der Waals surface area contributed by atoms with Crippen LogP contribution in [-0.4, -0.2) is 49.6 Å². The van der Waals surface area contributed by atoms with Crippen LogP contribution in [0.5, 0.6) is 0 Å². The second-order valence-corrected chi connectivity index (χ2v) is 5.81. The molecular weight excluding hydrogens is 336 g/mol. The van der Waals surface area contributed by atoms with Crippen LogP contribution in [0.4, 0.5) is 5.69 Å². The molecule has 0 unspecified atom stereocenters. The minimum atomic E-state index is -0.0629. The molecule has 1 aromatic carbocycles. The Labute approximate surface area is 133 Å². The molecular formula is C15H19BrN2O3. The lowest BCUT2D eigenvalue weighted by atomic mass is 10.2. The molecule has 1 aliphatic heterocycles. The van der Waals surface area contributed by atoms with Gasteiger partial charge in [-0.25, -0.2) is 0 Å². The second kappa shape index (κ2) is 7.56. The van der Waals surface area contributed by atoms with E-state index >= 15 is 0 Å². The SMILES string of the molecule is CC(=O)N(CCC(=O)N1CCOCC1)c1ccc(Br)cc1. The van der Waals surface area contributed by atoms with E-state index in [2.05, 4.69) is 15.9 Å². The Kier molecular flexibility index (Phi) is 5.76. The molecule has 1 saturated heterocycles. The summed E-state index contributed by atoms with van der Waals surface area (Å²) in [5.41, 5.74) is 0.806. The van der Waals surface area contributed by atoms with Gasteiger partial charge in [-0.3, -0.25) is 9.59 Å². The summed E-state index contributed by atoms with van der Waals surface area (Å²) >= 11 is 3.37. The summed E-state index contributed by atoms with van der Waals surface area (Å²) in [4.78, 5) is 27.3. The standard InChI is InChI=1S/C15H19BrN2O3/c1-12(19)18(14-4-2-13(16)3-5-14)7-6-15(20)17-8-10-21-11-9-17/h2-5H,6-11H2,1H3. The van der Waals surface area contributed by atoms with E-state index in [1.165, 1.54) is 6.92 Å². The molecule has 21 heavy (non-hydrogen) atoms. The highest BCUT2D eigenvalue weighted by Gasteiger charge is 2.19. The number of benzene rings is 1. The highest BCUT2D eigenvalue weighted by Crippen LogP contribution is 2.19. The number of carbonyl (C=O) groups is 2. The maximum absolute atomic E-state index is 12.1. The monoisotopic (exact) mass is 354 g/mol. The fourth-order valence-corrected chi connectivity index (χ4v) is 2.53. The Morgan fingerprint density at radius 1 is 1.24 bits per heavy atom. The smallest absolute Gasteiger partial charge is 0.224 e. The topological polar surface area (TPSA) is 49.9 Å². The van der Waals surface area contributed by atoms with E-state index < -0.39 is 0 Å². The first-order chi connectivity index (χ1) is 10.1. The summed E-state index contributed by atoms with van der Waals surface area (Å²) in [6.07, 6.45) is 0.329. The molecule has 0 aromatic heterocycles. The van der Waals surface area contributed by atoms with Gasteiger partial charge in [-0.1, -0.05) is 15.9 Å². The summed E-state index contributed by atoms with van der Waals surface area (Å²) in [7, 11) is 0. The van der Waals surface area contributed by atoms with Crippen LogP contribution < -0.4 is 4.90 Å². The molecule has 6 heteroatoms. The van der Waals surface area contributed by atoms with Crippen LogP contribution in [-0.2, 0) is 14.3 Å². The van der Waals surface area contributed by atoms with E-state index in [0.29, 0.717) is 39.3 Å². The fourth-order valence-electron chi connectivity index (χ4n) is 2.27. The largest absolute Gasteiger partial charge is 0.378 e. The van der Waals surface area contributed by atoms with Crippen molar-refractivity contribution in [3.63, 3.8) is 0 Å². The molecule has 1 heterocycles. The number of ether oxygens (including phenoxy) is 1. The van der Waals surface area contributed by atoms with Crippen LogP contribution in [0, 0.1) is 0 Å². The minimum absolute atomic E-state index is 0.0629. The van der Waals surface area contributed by atoms with Gasteiger partial charge in [-0.05, 0) is 24.3 Å². The van der Waals surface area contributed by atoms with Crippen molar-refractivity contribution in [2.24, 2.45) is 0 Å². The van der Waals surface area contributed by atoms with Crippen LogP contribution in [0.15, 0.2) is 28.7 Å². The number of nitrogens with zero attached hydrogens (tertiary/aromatic N) is 2. The molecule has 114 valence electrons. The van der Waals surface area contributed by atoms with E-state index in [4.69, 9.17) is 4.74 Å². The molecule has 0 aliphatic carbocycles. The van der Waals surface area contributed by atoms with Gasteiger partial charge >= 0.3 is 0 Å². The zero-order valence-electron chi connectivity index (χ0n) is 12.0. The van der Waals surface area contributed by atoms with Gasteiger partial charge in [0.1, 0.15) is 0 Å². The first-order valence-electron chi connectivity index (χ1n) is 6.97. The Bertz CT molecular complexity index is 498. The van der Waals surface area contributed by atoms with Crippen molar-refractivity contribution >= 4 is 33.4 Å². The van der Waals surface area contributed by atoms with E-state index in [9.17, 15) is 9.59 Å². The maximum Gasteiger partial charge on any atom is 0.224 e. The Balaban J connectivity index is 1.95. The average molecular weight is 355 g/mol. The molecule has 0 saturated carbocycles. The lowest BCUT2D eigenvalue weighted by Crippen LogP contribution is -2.42. The molecule has 2 amide bonds. The molecule has 1 aromatic rings. The summed E-state index contributed by atoms with van der Waals surface area (Å²) in [5.74, 6) is 0.00811. The number of halogens is 1. The second-order valence-electron chi connectivity index (χ2n) is 4.89. The van der Waals surface area contributed by atoms with Gasteiger partial charge in [-0.15, -0.1) is 0 Å². The number of morpholine rings is 1. The number of rotatable bonds is 4. The molecule has 2 rings (SSSR count). The van der Waals surface area contributed by atoms with Crippen molar-refractivity contribution < 1.29 is 14.3 Å². The Morgan fingerprint density at radius 3 is 2.43 bits per heavy atom. The molecule has 5 nitrogen and oxygen atoms in total. The van der Waals surface area contributed by atoms with Crippen molar-refractivity contribution in [3.8, 4) is 0 Å². The van der Waals surface area contributed by atoms with Crippen molar-refractivity contribution in [3.05, 3.63) is 28.7 Å². The summed E-state index contributed by atoms with van der Waals surface area (Å²) in [6, 6.07) is 7.50. The third kappa shape index (κ3) is 4.54. The lowest BCUT2D eigenvalue weighted by molar-refractivity contribution is -0.135. The van der Waals surface area contributed by atoms with Gasteiger partial charge in [0, 0.05) is 43.1 Å².